The smallest absolute Gasteiger partial charge is 0.344 e. The van der Waals surface area contributed by atoms with Gasteiger partial charge in [0, 0.05) is 6.54 Å². The van der Waals surface area contributed by atoms with E-state index in [9.17, 15) is 9.59 Å². The summed E-state index contributed by atoms with van der Waals surface area (Å²) in [6.45, 7) is 3.06. The number of hydrogen-bond acceptors (Lipinski definition) is 6. The fraction of sp³-hybridized carbons (Fsp3) is 0.391. The van der Waals surface area contributed by atoms with E-state index in [-0.39, 0.29) is 25.2 Å². The molecule has 2 aliphatic heterocycles. The van der Waals surface area contributed by atoms with E-state index >= 15 is 0 Å². The highest BCUT2D eigenvalue weighted by Gasteiger charge is 2.31. The Morgan fingerprint density at radius 2 is 1.87 bits per heavy atom. The van der Waals surface area contributed by atoms with Crippen LogP contribution in [0.15, 0.2) is 42.5 Å². The Hall–Kier alpha value is -3.22. The quantitative estimate of drug-likeness (QED) is 0.681. The summed E-state index contributed by atoms with van der Waals surface area (Å²) in [5, 5.41) is 0. The van der Waals surface area contributed by atoms with E-state index in [4.69, 9.17) is 18.9 Å². The first-order valence-corrected chi connectivity index (χ1v) is 10.1. The molecule has 0 bridgehead atoms. The number of aryl methyl sites for hydroxylation is 1. The van der Waals surface area contributed by atoms with Gasteiger partial charge >= 0.3 is 5.97 Å². The van der Waals surface area contributed by atoms with Gasteiger partial charge in [-0.2, -0.15) is 0 Å². The molecule has 0 saturated carbocycles. The lowest BCUT2D eigenvalue weighted by Gasteiger charge is -2.26. The third-order valence-electron chi connectivity index (χ3n) is 5.32. The Kier molecular flexibility index (Phi) is 6.07. The highest BCUT2D eigenvalue weighted by atomic mass is 16.6. The predicted octanol–water partition coefficient (Wildman–Crippen LogP) is 3.05. The molecule has 0 N–H and O–H groups in total. The maximum atomic E-state index is 12.7. The van der Waals surface area contributed by atoms with Gasteiger partial charge in [-0.25, -0.2) is 4.79 Å². The standard InChI is InChI=1S/C23H25NO6/c1-16-5-2-3-7-19(16)29-15-23(26)30-14-22(25)24-10-4-6-18(24)17-8-9-20-21(13-17)28-12-11-27-20/h2-3,5,7-9,13,18H,4,6,10-12,14-15H2,1H3. The van der Waals surface area contributed by atoms with Crippen molar-refractivity contribution in [3.8, 4) is 17.2 Å². The lowest BCUT2D eigenvalue weighted by Crippen LogP contribution is -2.34. The van der Waals surface area contributed by atoms with Crippen LogP contribution >= 0.6 is 0 Å². The van der Waals surface area contributed by atoms with Gasteiger partial charge in [0.25, 0.3) is 5.91 Å². The molecule has 4 rings (SSSR count). The van der Waals surface area contributed by atoms with Crippen LogP contribution < -0.4 is 14.2 Å². The summed E-state index contributed by atoms with van der Waals surface area (Å²) in [6, 6.07) is 13.1. The number of nitrogens with zero attached hydrogens (tertiary/aromatic N) is 1. The zero-order valence-corrected chi connectivity index (χ0v) is 17.0. The largest absolute Gasteiger partial charge is 0.486 e. The summed E-state index contributed by atoms with van der Waals surface area (Å²) in [5.74, 6) is 1.28. The van der Waals surface area contributed by atoms with E-state index in [0.717, 1.165) is 29.7 Å². The number of esters is 1. The Bertz CT molecular complexity index is 928. The number of rotatable bonds is 6. The zero-order valence-electron chi connectivity index (χ0n) is 17.0. The number of carbonyl (C=O) groups excluding carboxylic acids is 2. The van der Waals surface area contributed by atoms with Crippen LogP contribution in [0.2, 0.25) is 0 Å². The summed E-state index contributed by atoms with van der Waals surface area (Å²) in [7, 11) is 0. The van der Waals surface area contributed by atoms with Crippen molar-refractivity contribution in [2.45, 2.75) is 25.8 Å². The number of para-hydroxylation sites is 1. The highest BCUT2D eigenvalue weighted by molar-refractivity contribution is 5.81. The fourth-order valence-corrected chi connectivity index (χ4v) is 3.80. The average molecular weight is 411 g/mol. The van der Waals surface area contributed by atoms with E-state index in [0.29, 0.717) is 31.3 Å². The first kappa shape index (κ1) is 20.1. The van der Waals surface area contributed by atoms with Crippen LogP contribution in [0.4, 0.5) is 0 Å². The molecule has 0 aromatic heterocycles. The van der Waals surface area contributed by atoms with Gasteiger partial charge < -0.3 is 23.8 Å². The number of ether oxygens (including phenoxy) is 4. The molecule has 7 nitrogen and oxygen atoms in total. The Labute approximate surface area is 175 Å². The number of likely N-dealkylation sites (tertiary alicyclic amines) is 1. The number of amides is 1. The van der Waals surface area contributed by atoms with Gasteiger partial charge in [0.05, 0.1) is 6.04 Å². The number of fused-ring (bicyclic) bond motifs is 1. The van der Waals surface area contributed by atoms with Crippen LogP contribution in [0.1, 0.15) is 30.0 Å². The van der Waals surface area contributed by atoms with E-state index < -0.39 is 5.97 Å². The lowest BCUT2D eigenvalue weighted by molar-refractivity contribution is -0.154. The van der Waals surface area contributed by atoms with Gasteiger partial charge in [-0.1, -0.05) is 24.3 Å². The minimum absolute atomic E-state index is 0.0600. The minimum Gasteiger partial charge on any atom is -0.486 e. The zero-order chi connectivity index (χ0) is 20.9. The van der Waals surface area contributed by atoms with E-state index in [1.54, 1.807) is 11.0 Å². The van der Waals surface area contributed by atoms with Gasteiger partial charge in [0.15, 0.2) is 24.7 Å². The summed E-state index contributed by atoms with van der Waals surface area (Å²) in [6.07, 6.45) is 1.75. The van der Waals surface area contributed by atoms with Crippen molar-refractivity contribution in [3.05, 3.63) is 53.6 Å². The van der Waals surface area contributed by atoms with E-state index in [1.807, 2.05) is 43.3 Å². The SMILES string of the molecule is Cc1ccccc1OCC(=O)OCC(=O)N1CCCC1c1ccc2c(c1)OCCO2. The monoisotopic (exact) mass is 411 g/mol. The fourth-order valence-electron chi connectivity index (χ4n) is 3.80. The summed E-state index contributed by atoms with van der Waals surface area (Å²) >= 11 is 0. The van der Waals surface area contributed by atoms with Crippen molar-refractivity contribution >= 4 is 11.9 Å². The molecule has 0 spiro atoms. The second kappa shape index (κ2) is 9.07. The molecule has 0 aliphatic carbocycles. The van der Waals surface area contributed by atoms with Crippen molar-refractivity contribution in [1.29, 1.82) is 0 Å². The molecule has 2 aromatic rings. The average Bonchev–Trinajstić information content (AvgIpc) is 3.26. The number of benzene rings is 2. The first-order chi connectivity index (χ1) is 14.6. The van der Waals surface area contributed by atoms with Crippen LogP contribution in [-0.2, 0) is 14.3 Å². The minimum atomic E-state index is -0.568. The summed E-state index contributed by atoms with van der Waals surface area (Å²) in [5.41, 5.74) is 1.93. The molecular formula is C23H25NO6. The Balaban J connectivity index is 1.31. The lowest BCUT2D eigenvalue weighted by atomic mass is 10.0. The summed E-state index contributed by atoms with van der Waals surface area (Å²) < 4.78 is 21.9. The molecular weight excluding hydrogens is 386 g/mol. The molecule has 1 fully saturated rings. The van der Waals surface area contributed by atoms with Crippen molar-refractivity contribution in [2.24, 2.45) is 0 Å². The van der Waals surface area contributed by atoms with Gasteiger partial charge in [0.1, 0.15) is 19.0 Å². The molecule has 2 aliphatic rings. The molecule has 1 atom stereocenters. The summed E-state index contributed by atoms with van der Waals surface area (Å²) in [4.78, 5) is 26.5. The van der Waals surface area contributed by atoms with Crippen LogP contribution in [0.5, 0.6) is 17.2 Å². The molecule has 0 radical (unpaired) electrons. The second-order valence-corrected chi connectivity index (χ2v) is 7.36. The highest BCUT2D eigenvalue weighted by Crippen LogP contribution is 2.38. The van der Waals surface area contributed by atoms with E-state index in [2.05, 4.69) is 0 Å². The molecule has 2 heterocycles. The van der Waals surface area contributed by atoms with Gasteiger partial charge in [0.2, 0.25) is 0 Å². The van der Waals surface area contributed by atoms with E-state index in [1.165, 1.54) is 0 Å². The van der Waals surface area contributed by atoms with Crippen molar-refractivity contribution < 1.29 is 28.5 Å². The maximum absolute atomic E-state index is 12.7. The van der Waals surface area contributed by atoms with Crippen molar-refractivity contribution in [1.82, 2.24) is 4.90 Å². The first-order valence-electron chi connectivity index (χ1n) is 10.1. The molecule has 1 unspecified atom stereocenters. The number of carbonyl (C=O) groups is 2. The molecule has 1 amide bonds. The molecule has 1 saturated heterocycles. The predicted molar refractivity (Wildman–Crippen MR) is 109 cm³/mol. The van der Waals surface area contributed by atoms with Crippen LogP contribution in [-0.4, -0.2) is 49.7 Å². The second-order valence-electron chi connectivity index (χ2n) is 7.36. The molecule has 158 valence electrons. The molecule has 2 aromatic carbocycles. The van der Waals surface area contributed by atoms with Gasteiger partial charge in [-0.15, -0.1) is 0 Å². The van der Waals surface area contributed by atoms with Gasteiger partial charge in [-0.05, 0) is 49.1 Å². The maximum Gasteiger partial charge on any atom is 0.344 e. The third-order valence-corrected chi connectivity index (χ3v) is 5.32. The molecule has 7 heteroatoms. The Morgan fingerprint density at radius 1 is 1.07 bits per heavy atom. The number of hydrogen-bond donors (Lipinski definition) is 0. The van der Waals surface area contributed by atoms with Crippen molar-refractivity contribution in [2.75, 3.05) is 33.0 Å². The Morgan fingerprint density at radius 3 is 2.70 bits per heavy atom. The van der Waals surface area contributed by atoms with Gasteiger partial charge in [-0.3, -0.25) is 4.79 Å². The van der Waals surface area contributed by atoms with Crippen LogP contribution in [0.25, 0.3) is 0 Å². The van der Waals surface area contributed by atoms with Crippen LogP contribution in [0, 0.1) is 6.92 Å². The normalized spacial score (nSPS) is 17.5. The van der Waals surface area contributed by atoms with Crippen LogP contribution in [0.3, 0.4) is 0 Å². The topological polar surface area (TPSA) is 74.3 Å². The third kappa shape index (κ3) is 4.50. The molecule has 30 heavy (non-hydrogen) atoms. The van der Waals surface area contributed by atoms with Crippen molar-refractivity contribution in [3.63, 3.8) is 0 Å².